The minimum atomic E-state index is -0.580. The lowest BCUT2D eigenvalue weighted by atomic mass is 10.2. The van der Waals surface area contributed by atoms with Crippen LogP contribution in [0.1, 0.15) is 18.2 Å². The number of ether oxygens (including phenoxy) is 2. The summed E-state index contributed by atoms with van der Waals surface area (Å²) >= 11 is 3.08. The van der Waals surface area contributed by atoms with Crippen LogP contribution >= 0.6 is 15.9 Å². The van der Waals surface area contributed by atoms with Crippen molar-refractivity contribution in [3.63, 3.8) is 0 Å². The van der Waals surface area contributed by atoms with Gasteiger partial charge in [-0.1, -0.05) is 15.9 Å². The molecule has 1 aliphatic rings. The Morgan fingerprint density at radius 3 is 2.95 bits per heavy atom. The highest BCUT2D eigenvalue weighted by Crippen LogP contribution is 2.29. The standard InChI is InChI=1S/C12H15BrN2O5/c1-19-8-4-10(20-9(8)6-16)15-5-7(2-3-13)11(17)14-12(15)18/h2-3,5,8-10,16H,4,6H2,1H3,(H,14,17,18)/b3-2+/t8?,9-,10-/m0/s1. The molecule has 0 radical (unpaired) electrons. The lowest BCUT2D eigenvalue weighted by Crippen LogP contribution is -2.33. The Bertz CT molecular complexity index is 597. The predicted octanol–water partition coefficient (Wildman–Crippen LogP) is 0.197. The fraction of sp³-hybridized carbons (Fsp3) is 0.500. The molecule has 1 aliphatic heterocycles. The second-order valence-electron chi connectivity index (χ2n) is 4.37. The van der Waals surface area contributed by atoms with Crippen molar-refractivity contribution in [1.82, 2.24) is 9.55 Å². The molecule has 0 aliphatic carbocycles. The monoisotopic (exact) mass is 346 g/mol. The van der Waals surface area contributed by atoms with Crippen molar-refractivity contribution >= 4 is 22.0 Å². The van der Waals surface area contributed by atoms with Crippen LogP contribution in [0.25, 0.3) is 6.08 Å². The molecule has 7 nitrogen and oxygen atoms in total. The minimum absolute atomic E-state index is 0.193. The van der Waals surface area contributed by atoms with Crippen molar-refractivity contribution in [3.8, 4) is 0 Å². The number of aliphatic hydroxyl groups excluding tert-OH is 1. The van der Waals surface area contributed by atoms with Crippen molar-refractivity contribution in [2.45, 2.75) is 24.9 Å². The van der Waals surface area contributed by atoms with Crippen LogP contribution in [-0.4, -0.2) is 40.6 Å². The van der Waals surface area contributed by atoms with Crippen LogP contribution in [0.2, 0.25) is 0 Å². The number of hydrogen-bond acceptors (Lipinski definition) is 5. The zero-order chi connectivity index (χ0) is 14.7. The van der Waals surface area contributed by atoms with E-state index in [4.69, 9.17) is 9.47 Å². The Kier molecular flexibility index (Phi) is 4.92. The molecule has 0 bridgehead atoms. The first-order chi connectivity index (χ1) is 9.60. The number of nitrogens with zero attached hydrogens (tertiary/aromatic N) is 1. The SMILES string of the molecule is COC1C[C@@H](n2cc(/C=C/Br)c(=O)[nH]c2=O)O[C@H]1CO. The van der Waals surface area contributed by atoms with Gasteiger partial charge in [-0.2, -0.15) is 0 Å². The molecule has 8 heteroatoms. The number of halogens is 1. The smallest absolute Gasteiger partial charge is 0.330 e. The molecule has 2 rings (SSSR count). The zero-order valence-electron chi connectivity index (χ0n) is 10.8. The average molecular weight is 347 g/mol. The van der Waals surface area contributed by atoms with Crippen LogP contribution in [-0.2, 0) is 9.47 Å². The lowest BCUT2D eigenvalue weighted by Gasteiger charge is -2.15. The summed E-state index contributed by atoms with van der Waals surface area (Å²) in [4.78, 5) is 27.2. The second-order valence-corrected chi connectivity index (χ2v) is 4.89. The number of H-pyrrole nitrogens is 1. The number of aromatic nitrogens is 2. The number of nitrogens with one attached hydrogen (secondary N) is 1. The van der Waals surface area contributed by atoms with Gasteiger partial charge in [0.15, 0.2) is 0 Å². The van der Waals surface area contributed by atoms with Gasteiger partial charge in [-0.25, -0.2) is 4.79 Å². The van der Waals surface area contributed by atoms with Crippen molar-refractivity contribution in [2.24, 2.45) is 0 Å². The molecular formula is C12H15BrN2O5. The largest absolute Gasteiger partial charge is 0.394 e. The topological polar surface area (TPSA) is 93.6 Å². The molecule has 1 unspecified atom stereocenters. The summed E-state index contributed by atoms with van der Waals surface area (Å²) in [7, 11) is 1.52. The average Bonchev–Trinajstić information content (AvgIpc) is 2.85. The first-order valence-electron chi connectivity index (χ1n) is 6.02. The summed E-state index contributed by atoms with van der Waals surface area (Å²) in [5, 5.41) is 9.22. The highest BCUT2D eigenvalue weighted by Gasteiger charge is 2.36. The van der Waals surface area contributed by atoms with Gasteiger partial charge < -0.3 is 14.6 Å². The Labute approximate surface area is 123 Å². The minimum Gasteiger partial charge on any atom is -0.394 e. The van der Waals surface area contributed by atoms with Crippen LogP contribution in [0.4, 0.5) is 0 Å². The lowest BCUT2D eigenvalue weighted by molar-refractivity contribution is -0.0535. The van der Waals surface area contributed by atoms with Crippen molar-refractivity contribution in [1.29, 1.82) is 0 Å². The molecule has 20 heavy (non-hydrogen) atoms. The van der Waals surface area contributed by atoms with Crippen LogP contribution in [0.3, 0.4) is 0 Å². The molecule has 3 atom stereocenters. The van der Waals surface area contributed by atoms with Gasteiger partial charge in [0.2, 0.25) is 0 Å². The molecule has 1 fully saturated rings. The van der Waals surface area contributed by atoms with Crippen molar-refractivity contribution in [3.05, 3.63) is 37.6 Å². The van der Waals surface area contributed by atoms with Gasteiger partial charge in [0.1, 0.15) is 12.3 Å². The number of hydrogen-bond donors (Lipinski definition) is 2. The normalized spacial score (nSPS) is 26.4. The third-order valence-electron chi connectivity index (χ3n) is 3.21. The molecule has 0 aromatic carbocycles. The van der Waals surface area contributed by atoms with Gasteiger partial charge in [0.25, 0.3) is 5.56 Å². The van der Waals surface area contributed by atoms with E-state index in [0.717, 1.165) is 0 Å². The molecule has 110 valence electrons. The second kappa shape index (κ2) is 6.49. The van der Waals surface area contributed by atoms with Gasteiger partial charge in [0.05, 0.1) is 18.3 Å². The summed E-state index contributed by atoms with van der Waals surface area (Å²) in [6, 6.07) is 0. The molecule has 0 saturated carbocycles. The summed E-state index contributed by atoms with van der Waals surface area (Å²) in [5.41, 5.74) is -0.700. The van der Waals surface area contributed by atoms with E-state index in [1.807, 2.05) is 0 Å². The van der Waals surface area contributed by atoms with E-state index in [1.165, 1.54) is 28.9 Å². The van der Waals surface area contributed by atoms with E-state index >= 15 is 0 Å². The zero-order valence-corrected chi connectivity index (χ0v) is 12.4. The van der Waals surface area contributed by atoms with E-state index in [2.05, 4.69) is 20.9 Å². The van der Waals surface area contributed by atoms with Gasteiger partial charge in [-0.05, 0) is 11.1 Å². The molecular weight excluding hydrogens is 332 g/mol. The van der Waals surface area contributed by atoms with Gasteiger partial charge >= 0.3 is 5.69 Å². The van der Waals surface area contributed by atoms with Crippen LogP contribution in [0.15, 0.2) is 20.8 Å². The Hall–Kier alpha value is -1.22. The van der Waals surface area contributed by atoms with Crippen molar-refractivity contribution in [2.75, 3.05) is 13.7 Å². The predicted molar refractivity (Wildman–Crippen MR) is 75.7 cm³/mol. The maximum Gasteiger partial charge on any atom is 0.330 e. The Morgan fingerprint density at radius 1 is 1.65 bits per heavy atom. The highest BCUT2D eigenvalue weighted by molar-refractivity contribution is 9.11. The number of aromatic amines is 1. The van der Waals surface area contributed by atoms with Crippen LogP contribution in [0.5, 0.6) is 0 Å². The van der Waals surface area contributed by atoms with E-state index in [0.29, 0.717) is 12.0 Å². The first-order valence-corrected chi connectivity index (χ1v) is 6.93. The summed E-state index contributed by atoms with van der Waals surface area (Å²) in [6.07, 6.45) is 2.02. The quantitative estimate of drug-likeness (QED) is 0.812. The van der Waals surface area contributed by atoms with E-state index in [1.54, 1.807) is 0 Å². The summed E-state index contributed by atoms with van der Waals surface area (Å²) in [5.74, 6) is 0. The summed E-state index contributed by atoms with van der Waals surface area (Å²) in [6.45, 7) is -0.193. The summed E-state index contributed by atoms with van der Waals surface area (Å²) < 4.78 is 12.1. The van der Waals surface area contributed by atoms with E-state index in [9.17, 15) is 14.7 Å². The van der Waals surface area contributed by atoms with E-state index in [-0.39, 0.29) is 12.7 Å². The number of methoxy groups -OCH3 is 1. The van der Waals surface area contributed by atoms with Crippen molar-refractivity contribution < 1.29 is 14.6 Å². The van der Waals surface area contributed by atoms with E-state index < -0.39 is 23.6 Å². The first kappa shape index (κ1) is 15.2. The third kappa shape index (κ3) is 2.93. The fourth-order valence-corrected chi connectivity index (χ4v) is 2.47. The highest BCUT2D eigenvalue weighted by atomic mass is 79.9. The molecule has 0 amide bonds. The number of aliphatic hydroxyl groups is 1. The maximum atomic E-state index is 11.9. The molecule has 2 heterocycles. The molecule has 0 spiro atoms. The Balaban J connectivity index is 2.36. The molecule has 1 aromatic heterocycles. The van der Waals surface area contributed by atoms with Crippen LogP contribution < -0.4 is 11.2 Å². The Morgan fingerprint density at radius 2 is 2.40 bits per heavy atom. The fourth-order valence-electron chi connectivity index (χ4n) is 2.18. The molecule has 2 N–H and O–H groups in total. The van der Waals surface area contributed by atoms with Crippen LogP contribution in [0, 0.1) is 0 Å². The maximum absolute atomic E-state index is 11.9. The molecule has 1 saturated heterocycles. The van der Waals surface area contributed by atoms with Gasteiger partial charge in [0, 0.05) is 19.7 Å². The van der Waals surface area contributed by atoms with Gasteiger partial charge in [-0.15, -0.1) is 0 Å². The molecule has 1 aromatic rings. The third-order valence-corrected chi connectivity index (χ3v) is 3.48. The number of rotatable bonds is 4. The van der Waals surface area contributed by atoms with Gasteiger partial charge in [-0.3, -0.25) is 14.3 Å².